The van der Waals surface area contributed by atoms with E-state index in [4.69, 9.17) is 9.84 Å². The number of amides is 1. The molecule has 0 aliphatic heterocycles. The number of methoxy groups -OCH3 is 1. The summed E-state index contributed by atoms with van der Waals surface area (Å²) in [6.07, 6.45) is 1.25. The van der Waals surface area contributed by atoms with Crippen molar-refractivity contribution in [1.82, 2.24) is 5.32 Å². The van der Waals surface area contributed by atoms with Gasteiger partial charge in [-0.05, 0) is 41.2 Å². The second-order valence-corrected chi connectivity index (χ2v) is 5.95. The largest absolute Gasteiger partial charge is 0.497 e. The van der Waals surface area contributed by atoms with Gasteiger partial charge in [0.1, 0.15) is 5.75 Å². The highest BCUT2D eigenvalue weighted by Crippen LogP contribution is 2.21. The number of carbonyl (C=O) groups excluding carboxylic acids is 1. The predicted octanol–water partition coefficient (Wildman–Crippen LogP) is 3.04. The van der Waals surface area contributed by atoms with Crippen molar-refractivity contribution < 1.29 is 14.6 Å². The number of rotatable bonds is 8. The average molecular weight is 327 g/mol. The zero-order valence-corrected chi connectivity index (χ0v) is 14.3. The Morgan fingerprint density at radius 2 is 1.71 bits per heavy atom. The molecule has 2 rings (SSSR count). The van der Waals surface area contributed by atoms with Crippen LogP contribution in [0.1, 0.15) is 36.0 Å². The molecule has 0 aliphatic rings. The Morgan fingerprint density at radius 3 is 2.29 bits per heavy atom. The average Bonchev–Trinajstić information content (AvgIpc) is 2.62. The summed E-state index contributed by atoms with van der Waals surface area (Å²) in [7, 11) is 1.64. The van der Waals surface area contributed by atoms with Crippen LogP contribution in [0.5, 0.6) is 5.75 Å². The zero-order chi connectivity index (χ0) is 17.4. The van der Waals surface area contributed by atoms with Gasteiger partial charge in [-0.25, -0.2) is 0 Å². The predicted molar refractivity (Wildman–Crippen MR) is 95.1 cm³/mol. The molecule has 0 aromatic heterocycles. The van der Waals surface area contributed by atoms with E-state index in [1.807, 2.05) is 48.5 Å². The van der Waals surface area contributed by atoms with Crippen LogP contribution in [0, 0.1) is 0 Å². The van der Waals surface area contributed by atoms with Crippen LogP contribution >= 0.6 is 0 Å². The molecule has 0 radical (unpaired) electrons. The van der Waals surface area contributed by atoms with Gasteiger partial charge in [-0.2, -0.15) is 0 Å². The molecule has 2 aromatic rings. The molecular formula is C20H25NO3. The highest BCUT2D eigenvalue weighted by molar-refractivity contribution is 5.76. The first kappa shape index (κ1) is 18.0. The molecule has 2 N–H and O–H groups in total. The molecule has 24 heavy (non-hydrogen) atoms. The summed E-state index contributed by atoms with van der Waals surface area (Å²) < 4.78 is 5.15. The van der Waals surface area contributed by atoms with Gasteiger partial charge in [-0.3, -0.25) is 4.79 Å². The number of aliphatic hydroxyl groups is 1. The van der Waals surface area contributed by atoms with Gasteiger partial charge in [0, 0.05) is 13.0 Å². The van der Waals surface area contributed by atoms with Gasteiger partial charge in [0.15, 0.2) is 0 Å². The number of hydrogen-bond donors (Lipinski definition) is 2. The lowest BCUT2D eigenvalue weighted by Crippen LogP contribution is -2.26. The molecule has 2 aromatic carbocycles. The SMILES string of the molecule is COc1ccc(C(C)CC(=O)NCCc2ccc(CO)cc2)cc1. The van der Waals surface area contributed by atoms with Crippen molar-refractivity contribution in [3.05, 3.63) is 65.2 Å². The minimum atomic E-state index is 0.0558. The van der Waals surface area contributed by atoms with Crippen LogP contribution in [0.3, 0.4) is 0 Å². The smallest absolute Gasteiger partial charge is 0.220 e. The molecule has 128 valence electrons. The van der Waals surface area contributed by atoms with E-state index in [-0.39, 0.29) is 18.4 Å². The second kappa shape index (κ2) is 9.08. The van der Waals surface area contributed by atoms with Gasteiger partial charge in [0.25, 0.3) is 0 Å². The lowest BCUT2D eigenvalue weighted by atomic mass is 9.97. The molecule has 0 aliphatic carbocycles. The van der Waals surface area contributed by atoms with Gasteiger partial charge in [-0.15, -0.1) is 0 Å². The fourth-order valence-corrected chi connectivity index (χ4v) is 2.56. The standard InChI is InChI=1S/C20H25NO3/c1-15(18-7-9-19(24-2)10-8-18)13-20(23)21-12-11-16-3-5-17(14-22)6-4-16/h3-10,15,22H,11-14H2,1-2H3,(H,21,23). The Bertz CT molecular complexity index is 635. The molecule has 0 saturated heterocycles. The van der Waals surface area contributed by atoms with E-state index in [1.54, 1.807) is 7.11 Å². The maximum Gasteiger partial charge on any atom is 0.220 e. The molecule has 4 nitrogen and oxygen atoms in total. The van der Waals surface area contributed by atoms with Crippen molar-refractivity contribution >= 4 is 5.91 Å². The van der Waals surface area contributed by atoms with E-state index >= 15 is 0 Å². The van der Waals surface area contributed by atoms with Crippen LogP contribution in [0.4, 0.5) is 0 Å². The Labute approximate surface area is 143 Å². The fourth-order valence-electron chi connectivity index (χ4n) is 2.56. The maximum absolute atomic E-state index is 12.1. The molecule has 1 unspecified atom stereocenters. The third kappa shape index (κ3) is 5.39. The summed E-state index contributed by atoms with van der Waals surface area (Å²) in [6, 6.07) is 15.6. The van der Waals surface area contributed by atoms with Crippen LogP contribution in [-0.4, -0.2) is 24.7 Å². The first-order chi connectivity index (χ1) is 11.6. The first-order valence-corrected chi connectivity index (χ1v) is 8.21. The quantitative estimate of drug-likeness (QED) is 0.783. The molecule has 0 heterocycles. The molecule has 0 spiro atoms. The van der Waals surface area contributed by atoms with Gasteiger partial charge >= 0.3 is 0 Å². The van der Waals surface area contributed by atoms with E-state index in [0.717, 1.165) is 28.9 Å². The minimum Gasteiger partial charge on any atom is -0.497 e. The molecule has 0 fully saturated rings. The summed E-state index contributed by atoms with van der Waals surface area (Å²) in [5.41, 5.74) is 3.18. The molecular weight excluding hydrogens is 302 g/mol. The second-order valence-electron chi connectivity index (χ2n) is 5.95. The summed E-state index contributed by atoms with van der Waals surface area (Å²) in [4.78, 5) is 12.1. The van der Waals surface area contributed by atoms with E-state index in [2.05, 4.69) is 12.2 Å². The molecule has 0 saturated carbocycles. The third-order valence-electron chi connectivity index (χ3n) is 4.12. The summed E-state index contributed by atoms with van der Waals surface area (Å²) in [5.74, 6) is 1.05. The Hall–Kier alpha value is -2.33. The van der Waals surface area contributed by atoms with Gasteiger partial charge in [-0.1, -0.05) is 43.3 Å². The Morgan fingerprint density at radius 1 is 1.08 bits per heavy atom. The van der Waals surface area contributed by atoms with Crippen LogP contribution < -0.4 is 10.1 Å². The summed E-state index contributed by atoms with van der Waals surface area (Å²) >= 11 is 0. The van der Waals surface area contributed by atoms with Crippen LogP contribution in [-0.2, 0) is 17.8 Å². The van der Waals surface area contributed by atoms with E-state index in [1.165, 1.54) is 0 Å². The number of ether oxygens (including phenoxy) is 1. The van der Waals surface area contributed by atoms with E-state index in [0.29, 0.717) is 13.0 Å². The highest BCUT2D eigenvalue weighted by Gasteiger charge is 2.11. The molecule has 1 atom stereocenters. The van der Waals surface area contributed by atoms with Crippen molar-refractivity contribution in [3.8, 4) is 5.75 Å². The monoisotopic (exact) mass is 327 g/mol. The molecule has 1 amide bonds. The lowest BCUT2D eigenvalue weighted by molar-refractivity contribution is -0.121. The normalized spacial score (nSPS) is 11.8. The number of benzene rings is 2. The van der Waals surface area contributed by atoms with E-state index < -0.39 is 0 Å². The number of nitrogens with one attached hydrogen (secondary N) is 1. The highest BCUT2D eigenvalue weighted by atomic mass is 16.5. The Balaban J connectivity index is 1.75. The Kier molecular flexibility index (Phi) is 6.82. The van der Waals surface area contributed by atoms with E-state index in [9.17, 15) is 4.79 Å². The number of hydrogen-bond acceptors (Lipinski definition) is 3. The topological polar surface area (TPSA) is 58.6 Å². The van der Waals surface area contributed by atoms with Crippen molar-refractivity contribution in [2.24, 2.45) is 0 Å². The first-order valence-electron chi connectivity index (χ1n) is 8.21. The van der Waals surface area contributed by atoms with Gasteiger partial charge in [0.2, 0.25) is 5.91 Å². The zero-order valence-electron chi connectivity index (χ0n) is 14.3. The van der Waals surface area contributed by atoms with Crippen molar-refractivity contribution in [2.45, 2.75) is 32.3 Å². The van der Waals surface area contributed by atoms with Gasteiger partial charge < -0.3 is 15.2 Å². The molecule has 4 heteroatoms. The van der Waals surface area contributed by atoms with Gasteiger partial charge in [0.05, 0.1) is 13.7 Å². The van der Waals surface area contributed by atoms with Crippen molar-refractivity contribution in [2.75, 3.05) is 13.7 Å². The van der Waals surface area contributed by atoms with Crippen molar-refractivity contribution in [3.63, 3.8) is 0 Å². The summed E-state index contributed by atoms with van der Waals surface area (Å²) in [5, 5.41) is 12.0. The van der Waals surface area contributed by atoms with Crippen LogP contribution in [0.25, 0.3) is 0 Å². The van der Waals surface area contributed by atoms with Crippen LogP contribution in [0.15, 0.2) is 48.5 Å². The summed E-state index contributed by atoms with van der Waals surface area (Å²) in [6.45, 7) is 2.72. The molecule has 0 bridgehead atoms. The van der Waals surface area contributed by atoms with Crippen LogP contribution in [0.2, 0.25) is 0 Å². The fraction of sp³-hybridized carbons (Fsp3) is 0.350. The lowest BCUT2D eigenvalue weighted by Gasteiger charge is -2.13. The van der Waals surface area contributed by atoms with Crippen molar-refractivity contribution in [1.29, 1.82) is 0 Å². The third-order valence-corrected chi connectivity index (χ3v) is 4.12. The number of aliphatic hydroxyl groups excluding tert-OH is 1. The maximum atomic E-state index is 12.1. The minimum absolute atomic E-state index is 0.0558. The number of carbonyl (C=O) groups is 1.